The molecule has 0 aromatic heterocycles. The number of amides is 1. The Labute approximate surface area is 101 Å². The number of rotatable bonds is 5. The van der Waals surface area contributed by atoms with Crippen molar-refractivity contribution in [3.05, 3.63) is 12.2 Å². The van der Waals surface area contributed by atoms with Gasteiger partial charge in [-0.3, -0.25) is 0 Å². The Morgan fingerprint density at radius 1 is 1.65 bits per heavy atom. The third-order valence-corrected chi connectivity index (χ3v) is 2.44. The van der Waals surface area contributed by atoms with Crippen molar-refractivity contribution in [1.82, 2.24) is 0 Å². The molecular formula is C12H17NO4. The summed E-state index contributed by atoms with van der Waals surface area (Å²) >= 11 is 0. The Bertz CT molecular complexity index is 360. The molecule has 1 rings (SSSR count). The minimum Gasteiger partial charge on any atom is -0.463 e. The average Bonchev–Trinajstić information content (AvgIpc) is 2.68. The van der Waals surface area contributed by atoms with Gasteiger partial charge in [-0.1, -0.05) is 19.1 Å². The lowest BCUT2D eigenvalue weighted by molar-refractivity contribution is -0.149. The number of carbonyl (C=O) groups is 2. The zero-order chi connectivity index (χ0) is 12.8. The van der Waals surface area contributed by atoms with Gasteiger partial charge in [0.2, 0.25) is 6.10 Å². The van der Waals surface area contributed by atoms with Crippen LogP contribution < -0.4 is 0 Å². The van der Waals surface area contributed by atoms with Crippen molar-refractivity contribution >= 4 is 17.8 Å². The first-order valence-corrected chi connectivity index (χ1v) is 5.67. The lowest BCUT2D eigenvalue weighted by atomic mass is 9.97. The largest absolute Gasteiger partial charge is 0.463 e. The molecule has 1 amide bonds. The molecule has 1 aliphatic heterocycles. The summed E-state index contributed by atoms with van der Waals surface area (Å²) in [6.45, 7) is 5.76. The zero-order valence-electron chi connectivity index (χ0n) is 10.3. The Balaban J connectivity index is 2.75. The van der Waals surface area contributed by atoms with Crippen LogP contribution in [0.1, 0.15) is 27.2 Å². The van der Waals surface area contributed by atoms with E-state index >= 15 is 0 Å². The molecule has 2 atom stereocenters. The molecule has 0 fully saturated rings. The van der Waals surface area contributed by atoms with E-state index in [1.54, 1.807) is 6.92 Å². The molecule has 94 valence electrons. The fourth-order valence-electron chi connectivity index (χ4n) is 1.57. The summed E-state index contributed by atoms with van der Waals surface area (Å²) in [5, 5.41) is 0. The van der Waals surface area contributed by atoms with E-state index in [-0.39, 0.29) is 12.5 Å². The van der Waals surface area contributed by atoms with Crippen molar-refractivity contribution in [3.8, 4) is 0 Å². The van der Waals surface area contributed by atoms with Crippen LogP contribution in [0.5, 0.6) is 0 Å². The number of nitrogens with zero attached hydrogens (tertiary/aromatic N) is 1. The second kappa shape index (κ2) is 6.18. The van der Waals surface area contributed by atoms with E-state index in [1.165, 1.54) is 0 Å². The molecule has 0 N–H and O–H groups in total. The minimum atomic E-state index is -0.970. The maximum absolute atomic E-state index is 11.6. The highest BCUT2D eigenvalue weighted by Gasteiger charge is 2.37. The molecule has 0 radical (unpaired) electrons. The van der Waals surface area contributed by atoms with Crippen LogP contribution in [0.4, 0.5) is 4.79 Å². The average molecular weight is 239 g/mol. The van der Waals surface area contributed by atoms with Crippen LogP contribution in [-0.4, -0.2) is 30.5 Å². The van der Waals surface area contributed by atoms with E-state index in [9.17, 15) is 9.59 Å². The molecule has 0 spiro atoms. The van der Waals surface area contributed by atoms with Gasteiger partial charge in [0, 0.05) is 5.92 Å². The maximum atomic E-state index is 11.6. The van der Waals surface area contributed by atoms with Gasteiger partial charge in [0.05, 0.1) is 12.3 Å². The van der Waals surface area contributed by atoms with Crippen LogP contribution >= 0.6 is 0 Å². The summed E-state index contributed by atoms with van der Waals surface area (Å²) < 4.78 is 9.69. The van der Waals surface area contributed by atoms with Gasteiger partial charge in [-0.25, -0.2) is 9.59 Å². The number of esters is 1. The number of hydrogen-bond donors (Lipinski definition) is 0. The highest BCUT2D eigenvalue weighted by molar-refractivity contribution is 6.13. The highest BCUT2D eigenvalue weighted by atomic mass is 16.6. The molecule has 0 saturated heterocycles. The van der Waals surface area contributed by atoms with Gasteiger partial charge in [-0.2, -0.15) is 4.99 Å². The van der Waals surface area contributed by atoms with E-state index in [2.05, 4.69) is 4.99 Å². The van der Waals surface area contributed by atoms with Gasteiger partial charge < -0.3 is 9.47 Å². The van der Waals surface area contributed by atoms with E-state index in [0.29, 0.717) is 12.1 Å². The van der Waals surface area contributed by atoms with Gasteiger partial charge in [0.25, 0.3) is 0 Å². The lowest BCUT2D eigenvalue weighted by Crippen LogP contribution is -2.34. The summed E-state index contributed by atoms with van der Waals surface area (Å²) in [6, 6.07) is 0. The fourth-order valence-corrected chi connectivity index (χ4v) is 1.57. The van der Waals surface area contributed by atoms with Crippen LogP contribution in [0, 0.1) is 5.92 Å². The molecule has 1 aliphatic rings. The minimum absolute atomic E-state index is 0.0212. The molecule has 0 aromatic rings. The standard InChI is InChI=1S/C12H17NO4/c1-4-6-7-8(3)9-10(11(14)16-5-2)17-12(15)13-9/h4,6,8,10H,5,7H2,1-3H3/b6-4+/t8-,10?/m1/s1. The quantitative estimate of drug-likeness (QED) is 0.544. The van der Waals surface area contributed by atoms with Crippen molar-refractivity contribution in [2.24, 2.45) is 10.9 Å². The molecular weight excluding hydrogens is 222 g/mol. The molecule has 5 heteroatoms. The van der Waals surface area contributed by atoms with Crippen molar-refractivity contribution < 1.29 is 19.1 Å². The topological polar surface area (TPSA) is 65.0 Å². The second-order valence-corrected chi connectivity index (χ2v) is 3.76. The van der Waals surface area contributed by atoms with E-state index < -0.39 is 18.2 Å². The van der Waals surface area contributed by atoms with Gasteiger partial charge in [-0.15, -0.1) is 0 Å². The van der Waals surface area contributed by atoms with Gasteiger partial charge in [0.1, 0.15) is 0 Å². The molecule has 0 aromatic carbocycles. The van der Waals surface area contributed by atoms with Crippen molar-refractivity contribution in [2.75, 3.05) is 6.61 Å². The number of hydrogen-bond acceptors (Lipinski definition) is 4. The second-order valence-electron chi connectivity index (χ2n) is 3.76. The van der Waals surface area contributed by atoms with Crippen LogP contribution in [0.2, 0.25) is 0 Å². The molecule has 0 aliphatic carbocycles. The number of carbonyl (C=O) groups excluding carboxylic acids is 2. The van der Waals surface area contributed by atoms with Crippen molar-refractivity contribution in [2.45, 2.75) is 33.3 Å². The van der Waals surface area contributed by atoms with Gasteiger partial charge in [0.15, 0.2) is 0 Å². The third kappa shape index (κ3) is 3.41. The molecule has 0 bridgehead atoms. The SMILES string of the molecule is C/C=C/C[C@@H](C)C1=NC(=O)OC1C(=O)OCC. The summed E-state index contributed by atoms with van der Waals surface area (Å²) in [5.41, 5.74) is 0.451. The Hall–Kier alpha value is -1.65. The summed E-state index contributed by atoms with van der Waals surface area (Å²) in [7, 11) is 0. The lowest BCUT2D eigenvalue weighted by Gasteiger charge is -2.14. The first-order valence-electron chi connectivity index (χ1n) is 5.67. The monoisotopic (exact) mass is 239 g/mol. The van der Waals surface area contributed by atoms with Crippen molar-refractivity contribution in [3.63, 3.8) is 0 Å². The molecule has 1 unspecified atom stereocenters. The summed E-state index contributed by atoms with van der Waals surface area (Å²) in [4.78, 5) is 26.4. The van der Waals surface area contributed by atoms with Crippen molar-refractivity contribution in [1.29, 1.82) is 0 Å². The van der Waals surface area contributed by atoms with Crippen LogP contribution in [0.15, 0.2) is 17.1 Å². The molecule has 0 saturated carbocycles. The summed E-state index contributed by atoms with van der Waals surface area (Å²) in [5.74, 6) is -0.573. The van der Waals surface area contributed by atoms with Gasteiger partial charge >= 0.3 is 12.1 Å². The Morgan fingerprint density at radius 2 is 2.35 bits per heavy atom. The van der Waals surface area contributed by atoms with E-state index in [0.717, 1.165) is 0 Å². The number of ether oxygens (including phenoxy) is 2. The predicted octanol–water partition coefficient (Wildman–Crippen LogP) is 2.11. The normalized spacial score (nSPS) is 21.2. The molecule has 1 heterocycles. The number of aliphatic imine (C=N–C) groups is 1. The number of allylic oxidation sites excluding steroid dienone is 2. The van der Waals surface area contributed by atoms with Crippen LogP contribution in [-0.2, 0) is 14.3 Å². The first-order chi connectivity index (χ1) is 8.10. The first kappa shape index (κ1) is 13.4. The van der Waals surface area contributed by atoms with Gasteiger partial charge in [-0.05, 0) is 20.3 Å². The fraction of sp³-hybridized carbons (Fsp3) is 0.583. The summed E-state index contributed by atoms with van der Waals surface area (Å²) in [6.07, 6.45) is 2.89. The molecule has 5 nitrogen and oxygen atoms in total. The van der Waals surface area contributed by atoms with Crippen LogP contribution in [0.3, 0.4) is 0 Å². The predicted molar refractivity (Wildman–Crippen MR) is 62.9 cm³/mol. The van der Waals surface area contributed by atoms with Crippen LogP contribution in [0.25, 0.3) is 0 Å². The highest BCUT2D eigenvalue weighted by Crippen LogP contribution is 2.19. The third-order valence-electron chi connectivity index (χ3n) is 2.44. The molecule has 17 heavy (non-hydrogen) atoms. The number of cyclic esters (lactones) is 1. The Morgan fingerprint density at radius 3 is 2.94 bits per heavy atom. The Kier molecular flexibility index (Phi) is 4.87. The van der Waals surface area contributed by atoms with E-state index in [1.807, 2.05) is 26.0 Å². The zero-order valence-corrected chi connectivity index (χ0v) is 10.3. The van der Waals surface area contributed by atoms with E-state index in [4.69, 9.17) is 9.47 Å². The smallest absolute Gasteiger partial charge is 0.434 e. The maximum Gasteiger partial charge on any atom is 0.434 e.